The summed E-state index contributed by atoms with van der Waals surface area (Å²) >= 11 is 6.09. The van der Waals surface area contributed by atoms with Crippen molar-refractivity contribution in [1.82, 2.24) is 4.90 Å². The van der Waals surface area contributed by atoms with Gasteiger partial charge in [0.15, 0.2) is 17.1 Å². The predicted molar refractivity (Wildman–Crippen MR) is 163 cm³/mol. The standard InChI is InChI=1S/C33H43ClF3NO5/c1-5-7-8-9-28(27-13-12-25(34)20-23(27)3)32(40,33(35,36)37)22-38-18-16-26(17-19-38)43-29-14-10-24(21-30(29)41-4)11-15-31(39)42-6-2/h9-10,12-14,20-21,26,40H,5-8,11,15-19,22H2,1-4H3/b28-9+. The van der Waals surface area contributed by atoms with Crippen molar-refractivity contribution < 1.29 is 37.3 Å². The molecule has 2 aromatic rings. The van der Waals surface area contributed by atoms with E-state index in [9.17, 15) is 23.1 Å². The Labute approximate surface area is 257 Å². The Hall–Kier alpha value is -2.75. The van der Waals surface area contributed by atoms with E-state index in [1.165, 1.54) is 13.2 Å². The van der Waals surface area contributed by atoms with Crippen molar-refractivity contribution >= 4 is 23.1 Å². The zero-order valence-electron chi connectivity index (χ0n) is 25.4. The minimum atomic E-state index is -4.90. The molecule has 0 bridgehead atoms. The van der Waals surface area contributed by atoms with Gasteiger partial charge in [-0.2, -0.15) is 13.2 Å². The number of β-amino-alcohol motifs (C(OH)–C–C–N with tert-alkyl or cyclic N) is 1. The number of esters is 1. The lowest BCUT2D eigenvalue weighted by atomic mass is 9.83. The van der Waals surface area contributed by atoms with Gasteiger partial charge < -0.3 is 19.3 Å². The molecule has 1 N–H and O–H groups in total. The van der Waals surface area contributed by atoms with Crippen LogP contribution in [0, 0.1) is 6.92 Å². The van der Waals surface area contributed by atoms with Gasteiger partial charge in [0.1, 0.15) is 6.10 Å². The molecular weight excluding hydrogens is 583 g/mol. The van der Waals surface area contributed by atoms with Crippen molar-refractivity contribution in [3.05, 3.63) is 64.2 Å². The monoisotopic (exact) mass is 625 g/mol. The number of likely N-dealkylation sites (tertiary alicyclic amines) is 1. The van der Waals surface area contributed by atoms with Crippen LogP contribution < -0.4 is 9.47 Å². The van der Waals surface area contributed by atoms with Gasteiger partial charge in [-0.25, -0.2) is 0 Å². The molecule has 1 heterocycles. The van der Waals surface area contributed by atoms with E-state index in [0.717, 1.165) is 12.0 Å². The maximum absolute atomic E-state index is 14.7. The summed E-state index contributed by atoms with van der Waals surface area (Å²) in [5.41, 5.74) is -1.37. The number of methoxy groups -OCH3 is 1. The molecule has 1 unspecified atom stereocenters. The highest BCUT2D eigenvalue weighted by Crippen LogP contribution is 2.43. The van der Waals surface area contributed by atoms with Crippen LogP contribution in [-0.4, -0.2) is 67.2 Å². The highest BCUT2D eigenvalue weighted by molar-refractivity contribution is 6.30. The van der Waals surface area contributed by atoms with Gasteiger partial charge in [-0.3, -0.25) is 9.69 Å². The number of unbranched alkanes of at least 4 members (excludes halogenated alkanes) is 2. The molecule has 0 spiro atoms. The minimum absolute atomic E-state index is 0.131. The fraction of sp³-hybridized carbons (Fsp3) is 0.545. The number of alkyl halides is 3. The van der Waals surface area contributed by atoms with Gasteiger partial charge >= 0.3 is 12.1 Å². The zero-order chi connectivity index (χ0) is 31.6. The quantitative estimate of drug-likeness (QED) is 0.173. The van der Waals surface area contributed by atoms with Crippen LogP contribution in [0.4, 0.5) is 13.2 Å². The first-order valence-corrected chi connectivity index (χ1v) is 15.3. The third-order valence-electron chi connectivity index (χ3n) is 7.73. The van der Waals surface area contributed by atoms with Crippen LogP contribution in [0.5, 0.6) is 11.5 Å². The number of hydrogen-bond acceptors (Lipinski definition) is 6. The predicted octanol–water partition coefficient (Wildman–Crippen LogP) is 7.56. The number of aliphatic hydroxyl groups is 1. The maximum atomic E-state index is 14.7. The lowest BCUT2D eigenvalue weighted by Gasteiger charge is -2.40. The second-order valence-corrected chi connectivity index (χ2v) is 11.4. The molecule has 2 aromatic carbocycles. The Balaban J connectivity index is 1.72. The van der Waals surface area contributed by atoms with Gasteiger partial charge in [-0.15, -0.1) is 0 Å². The molecule has 0 radical (unpaired) electrons. The molecule has 0 saturated carbocycles. The van der Waals surface area contributed by atoms with Crippen molar-refractivity contribution in [2.75, 3.05) is 33.4 Å². The van der Waals surface area contributed by atoms with Gasteiger partial charge in [0.05, 0.1) is 13.7 Å². The summed E-state index contributed by atoms with van der Waals surface area (Å²) in [4.78, 5) is 13.4. The van der Waals surface area contributed by atoms with Crippen molar-refractivity contribution in [1.29, 1.82) is 0 Å². The Kier molecular flexibility index (Phi) is 12.8. The van der Waals surface area contributed by atoms with E-state index >= 15 is 0 Å². The topological polar surface area (TPSA) is 68.2 Å². The van der Waals surface area contributed by atoms with E-state index in [4.69, 9.17) is 25.8 Å². The van der Waals surface area contributed by atoms with Gasteiger partial charge in [0.25, 0.3) is 0 Å². The fourth-order valence-corrected chi connectivity index (χ4v) is 5.57. The number of aryl methyl sites for hydroxylation is 2. The Morgan fingerprint density at radius 2 is 1.84 bits per heavy atom. The zero-order valence-corrected chi connectivity index (χ0v) is 26.2. The Bertz CT molecular complexity index is 1240. The van der Waals surface area contributed by atoms with Crippen LogP contribution in [0.25, 0.3) is 5.57 Å². The molecule has 10 heteroatoms. The average molecular weight is 626 g/mol. The van der Waals surface area contributed by atoms with Crippen LogP contribution in [0.1, 0.15) is 69.1 Å². The fourth-order valence-electron chi connectivity index (χ4n) is 5.34. The number of carbonyl (C=O) groups is 1. The number of benzene rings is 2. The van der Waals surface area contributed by atoms with Crippen molar-refractivity contribution in [2.24, 2.45) is 0 Å². The summed E-state index contributed by atoms with van der Waals surface area (Å²) in [5.74, 6) is 0.792. The number of ether oxygens (including phenoxy) is 3. The van der Waals surface area contributed by atoms with E-state index < -0.39 is 18.3 Å². The van der Waals surface area contributed by atoms with Gasteiger partial charge in [-0.05, 0) is 86.1 Å². The first-order valence-electron chi connectivity index (χ1n) is 14.9. The van der Waals surface area contributed by atoms with Gasteiger partial charge in [-0.1, -0.05) is 49.6 Å². The van der Waals surface area contributed by atoms with Crippen molar-refractivity contribution in [2.45, 2.75) is 83.6 Å². The molecule has 1 atom stereocenters. The second kappa shape index (κ2) is 15.8. The lowest BCUT2D eigenvalue weighted by Crippen LogP contribution is -2.56. The molecule has 3 rings (SSSR count). The van der Waals surface area contributed by atoms with Crippen LogP contribution in [0.15, 0.2) is 42.5 Å². The highest BCUT2D eigenvalue weighted by atomic mass is 35.5. The molecular formula is C33H43ClF3NO5. The number of nitrogens with zero attached hydrogens (tertiary/aromatic N) is 1. The van der Waals surface area contributed by atoms with Crippen molar-refractivity contribution in [3.63, 3.8) is 0 Å². The summed E-state index contributed by atoms with van der Waals surface area (Å²) in [5, 5.41) is 11.9. The van der Waals surface area contributed by atoms with Crippen molar-refractivity contribution in [3.8, 4) is 11.5 Å². The van der Waals surface area contributed by atoms with Gasteiger partial charge in [0.2, 0.25) is 0 Å². The number of allylic oxidation sites excluding steroid dienone is 1. The van der Waals surface area contributed by atoms with E-state index in [1.807, 2.05) is 19.1 Å². The molecule has 1 aliphatic heterocycles. The first kappa shape index (κ1) is 34.7. The average Bonchev–Trinajstić information content (AvgIpc) is 2.96. The van der Waals surface area contributed by atoms with Crippen LogP contribution in [0.3, 0.4) is 0 Å². The van der Waals surface area contributed by atoms with E-state index in [-0.39, 0.29) is 24.1 Å². The molecule has 1 aliphatic rings. The second-order valence-electron chi connectivity index (χ2n) is 11.0. The maximum Gasteiger partial charge on any atom is 0.422 e. The molecule has 1 saturated heterocycles. The third kappa shape index (κ3) is 9.37. The molecule has 6 nitrogen and oxygen atoms in total. The number of carbonyl (C=O) groups excluding carboxylic acids is 1. The van der Waals surface area contributed by atoms with E-state index in [2.05, 4.69) is 0 Å². The molecule has 238 valence electrons. The van der Waals surface area contributed by atoms with Gasteiger partial charge in [0, 0.05) is 31.1 Å². The molecule has 0 aromatic heterocycles. The molecule has 43 heavy (non-hydrogen) atoms. The molecule has 1 fully saturated rings. The van der Waals surface area contributed by atoms with Crippen LogP contribution >= 0.6 is 11.6 Å². The van der Waals surface area contributed by atoms with E-state index in [0.29, 0.717) is 79.4 Å². The lowest BCUT2D eigenvalue weighted by molar-refractivity contribution is -0.240. The Morgan fingerprint density at radius 1 is 1.12 bits per heavy atom. The summed E-state index contributed by atoms with van der Waals surface area (Å²) in [7, 11) is 1.53. The normalized spacial score (nSPS) is 16.5. The summed E-state index contributed by atoms with van der Waals surface area (Å²) in [6.07, 6.45) is 0.0863. The smallest absolute Gasteiger partial charge is 0.422 e. The number of halogens is 4. The summed E-state index contributed by atoms with van der Waals surface area (Å²) < 4.78 is 60.9. The van der Waals surface area contributed by atoms with E-state index in [1.54, 1.807) is 43.0 Å². The summed E-state index contributed by atoms with van der Waals surface area (Å²) in [6, 6.07) is 10.2. The number of hydrogen-bond donors (Lipinski definition) is 1. The third-order valence-corrected chi connectivity index (χ3v) is 7.97. The Morgan fingerprint density at radius 3 is 2.44 bits per heavy atom. The number of piperidine rings is 1. The summed E-state index contributed by atoms with van der Waals surface area (Å²) in [6.45, 7) is 5.84. The molecule has 0 aliphatic carbocycles. The SMILES string of the molecule is CCCC/C=C(\c1ccc(Cl)cc1C)C(O)(CN1CCC(Oc2ccc(CCC(=O)OCC)cc2OC)CC1)C(F)(F)F. The highest BCUT2D eigenvalue weighted by Gasteiger charge is 2.57. The minimum Gasteiger partial charge on any atom is -0.493 e. The van der Waals surface area contributed by atoms with Crippen LogP contribution in [0.2, 0.25) is 5.02 Å². The van der Waals surface area contributed by atoms with Crippen LogP contribution in [-0.2, 0) is 16.0 Å². The first-order chi connectivity index (χ1) is 20.4. The molecule has 0 amide bonds. The largest absolute Gasteiger partial charge is 0.493 e. The number of rotatable bonds is 14.